The van der Waals surface area contributed by atoms with Crippen molar-refractivity contribution in [3.8, 4) is 22.8 Å². The molecule has 1 atom stereocenters. The highest BCUT2D eigenvalue weighted by Crippen LogP contribution is 2.34. The van der Waals surface area contributed by atoms with Crippen LogP contribution in [0.2, 0.25) is 0 Å². The van der Waals surface area contributed by atoms with Crippen molar-refractivity contribution in [2.75, 3.05) is 45.0 Å². The molecule has 1 aliphatic heterocycles. The molecule has 12 heteroatoms. The fourth-order valence-corrected chi connectivity index (χ4v) is 6.46. The number of amides is 1. The van der Waals surface area contributed by atoms with Gasteiger partial charge in [-0.05, 0) is 49.2 Å². The first kappa shape index (κ1) is 25.9. The summed E-state index contributed by atoms with van der Waals surface area (Å²) >= 11 is 1.47. The van der Waals surface area contributed by atoms with Crippen LogP contribution in [-0.2, 0) is 14.8 Å². The number of carbonyl (C=O) groups excluding carboxylic acids is 1. The van der Waals surface area contributed by atoms with Crippen molar-refractivity contribution < 1.29 is 27.1 Å². The Bertz CT molecular complexity index is 1360. The van der Waals surface area contributed by atoms with Crippen molar-refractivity contribution in [3.05, 3.63) is 47.6 Å². The topological polar surface area (TPSA) is 110 Å². The van der Waals surface area contributed by atoms with Gasteiger partial charge in [0.25, 0.3) is 0 Å². The van der Waals surface area contributed by atoms with Gasteiger partial charge in [-0.2, -0.15) is 4.31 Å². The van der Waals surface area contributed by atoms with Crippen LogP contribution in [0, 0.1) is 11.7 Å². The standard InChI is InChI=1S/C24H27FN4O5S2/c1-26-24-28-19(14-35-24)15-6-8-20(33-2)18(11-15)27-23(30)16-5-4-10-29(13-16)36(31,32)22-12-17(25)7-9-21(22)34-3/h6-9,11-12,14,16H,4-5,10,13H2,1-3H3,(H,26,28)(H,27,30)/t16-/m0/s1. The van der Waals surface area contributed by atoms with Gasteiger partial charge in [0.05, 0.1) is 31.5 Å². The molecule has 192 valence electrons. The van der Waals surface area contributed by atoms with Gasteiger partial charge in [0.15, 0.2) is 5.13 Å². The third kappa shape index (κ3) is 5.30. The largest absolute Gasteiger partial charge is 0.495 e. The van der Waals surface area contributed by atoms with E-state index in [-0.39, 0.29) is 29.6 Å². The number of aromatic nitrogens is 1. The molecule has 0 spiro atoms. The predicted molar refractivity (Wildman–Crippen MR) is 137 cm³/mol. The lowest BCUT2D eigenvalue weighted by atomic mass is 9.98. The molecule has 36 heavy (non-hydrogen) atoms. The van der Waals surface area contributed by atoms with Crippen LogP contribution in [0.4, 0.5) is 15.2 Å². The van der Waals surface area contributed by atoms with Crippen molar-refractivity contribution in [1.29, 1.82) is 0 Å². The van der Waals surface area contributed by atoms with Crippen molar-refractivity contribution in [3.63, 3.8) is 0 Å². The smallest absolute Gasteiger partial charge is 0.246 e. The number of sulfonamides is 1. The van der Waals surface area contributed by atoms with Crippen LogP contribution in [-0.4, -0.2) is 58.0 Å². The highest BCUT2D eigenvalue weighted by Gasteiger charge is 2.35. The number of hydrogen-bond acceptors (Lipinski definition) is 8. The summed E-state index contributed by atoms with van der Waals surface area (Å²) in [6.07, 6.45) is 0.996. The Labute approximate surface area is 213 Å². The molecular weight excluding hydrogens is 507 g/mol. The fraction of sp³-hybridized carbons (Fsp3) is 0.333. The predicted octanol–water partition coefficient (Wildman–Crippen LogP) is 4.05. The molecule has 2 heterocycles. The summed E-state index contributed by atoms with van der Waals surface area (Å²) < 4.78 is 52.2. The third-order valence-electron chi connectivity index (χ3n) is 5.97. The van der Waals surface area contributed by atoms with Crippen LogP contribution in [0.1, 0.15) is 12.8 Å². The third-order valence-corrected chi connectivity index (χ3v) is 8.72. The van der Waals surface area contributed by atoms with Gasteiger partial charge in [0.1, 0.15) is 22.2 Å². The second-order valence-electron chi connectivity index (χ2n) is 8.19. The molecule has 3 aromatic rings. The van der Waals surface area contributed by atoms with Gasteiger partial charge in [0.2, 0.25) is 15.9 Å². The number of nitrogens with zero attached hydrogens (tertiary/aromatic N) is 2. The molecule has 1 amide bonds. The van der Waals surface area contributed by atoms with Gasteiger partial charge < -0.3 is 20.1 Å². The average molecular weight is 535 g/mol. The molecule has 2 aromatic carbocycles. The molecule has 1 saturated heterocycles. The van der Waals surface area contributed by atoms with E-state index in [0.29, 0.717) is 24.3 Å². The second-order valence-corrected chi connectivity index (χ2v) is 11.0. The van der Waals surface area contributed by atoms with Gasteiger partial charge in [-0.15, -0.1) is 11.3 Å². The molecule has 0 radical (unpaired) electrons. The summed E-state index contributed by atoms with van der Waals surface area (Å²) in [4.78, 5) is 17.5. The van der Waals surface area contributed by atoms with Crippen LogP contribution >= 0.6 is 11.3 Å². The monoisotopic (exact) mass is 534 g/mol. The normalized spacial score (nSPS) is 16.4. The zero-order chi connectivity index (χ0) is 25.9. The number of methoxy groups -OCH3 is 2. The summed E-state index contributed by atoms with van der Waals surface area (Å²) in [5.74, 6) is -1.09. The minimum absolute atomic E-state index is 0.0343. The number of piperidine rings is 1. The van der Waals surface area contributed by atoms with Crippen LogP contribution in [0.3, 0.4) is 0 Å². The average Bonchev–Trinajstić information content (AvgIpc) is 3.38. The Balaban J connectivity index is 1.54. The number of carbonyl (C=O) groups is 1. The van der Waals surface area contributed by atoms with Crippen molar-refractivity contribution in [1.82, 2.24) is 9.29 Å². The minimum Gasteiger partial charge on any atom is -0.495 e. The highest BCUT2D eigenvalue weighted by molar-refractivity contribution is 7.89. The highest BCUT2D eigenvalue weighted by atomic mass is 32.2. The molecule has 2 N–H and O–H groups in total. The van der Waals surface area contributed by atoms with E-state index in [2.05, 4.69) is 15.6 Å². The Morgan fingerprint density at radius 1 is 1.17 bits per heavy atom. The number of halogens is 1. The van der Waals surface area contributed by atoms with E-state index in [1.807, 2.05) is 11.4 Å². The Morgan fingerprint density at radius 2 is 1.92 bits per heavy atom. The maximum atomic E-state index is 13.9. The summed E-state index contributed by atoms with van der Waals surface area (Å²) in [6, 6.07) is 8.72. The van der Waals surface area contributed by atoms with Crippen molar-refractivity contribution in [2.45, 2.75) is 17.7 Å². The molecule has 0 aliphatic carbocycles. The molecule has 1 aliphatic rings. The molecule has 1 fully saturated rings. The number of nitrogens with one attached hydrogen (secondary N) is 2. The van der Waals surface area contributed by atoms with Gasteiger partial charge in [-0.1, -0.05) is 0 Å². The summed E-state index contributed by atoms with van der Waals surface area (Å²) in [5.41, 5.74) is 2.02. The molecule has 1 aromatic heterocycles. The van der Waals surface area contributed by atoms with Gasteiger partial charge >= 0.3 is 0 Å². The zero-order valence-corrected chi connectivity index (χ0v) is 21.7. The fourth-order valence-electron chi connectivity index (χ4n) is 4.09. The summed E-state index contributed by atoms with van der Waals surface area (Å²) in [7, 11) is 0.553. The van der Waals surface area contributed by atoms with E-state index >= 15 is 0 Å². The first-order valence-electron chi connectivity index (χ1n) is 11.2. The van der Waals surface area contributed by atoms with Crippen LogP contribution in [0.25, 0.3) is 11.3 Å². The van der Waals surface area contributed by atoms with Gasteiger partial charge in [0, 0.05) is 31.1 Å². The van der Waals surface area contributed by atoms with E-state index in [0.717, 1.165) is 28.5 Å². The molecule has 0 bridgehead atoms. The van der Waals surface area contributed by atoms with E-state index in [9.17, 15) is 17.6 Å². The Kier molecular flexibility index (Phi) is 7.76. The lowest BCUT2D eigenvalue weighted by Gasteiger charge is -2.31. The SMILES string of the molecule is CNc1nc(-c2ccc(OC)c(NC(=O)[C@H]3CCCN(S(=O)(=O)c4cc(F)ccc4OC)C3)c2)cs1. The number of ether oxygens (including phenoxy) is 2. The number of rotatable bonds is 8. The minimum atomic E-state index is -4.07. The van der Waals surface area contributed by atoms with Crippen molar-refractivity contribution in [2.24, 2.45) is 5.92 Å². The number of thiazole rings is 1. The zero-order valence-electron chi connectivity index (χ0n) is 20.1. The maximum absolute atomic E-state index is 13.9. The number of hydrogen-bond donors (Lipinski definition) is 2. The quantitative estimate of drug-likeness (QED) is 0.449. The number of anilines is 2. The maximum Gasteiger partial charge on any atom is 0.246 e. The molecule has 0 unspecified atom stereocenters. The van der Waals surface area contributed by atoms with Crippen LogP contribution < -0.4 is 20.1 Å². The summed E-state index contributed by atoms with van der Waals surface area (Å²) in [5, 5.41) is 8.57. The molecule has 0 saturated carbocycles. The van der Waals surface area contributed by atoms with E-state index in [1.54, 1.807) is 19.2 Å². The molecular formula is C24H27FN4O5S2. The van der Waals surface area contributed by atoms with Crippen LogP contribution in [0.5, 0.6) is 11.5 Å². The first-order chi connectivity index (χ1) is 17.3. The molecule has 4 rings (SSSR count). The first-order valence-corrected chi connectivity index (χ1v) is 13.5. The Morgan fingerprint density at radius 3 is 2.61 bits per heavy atom. The second kappa shape index (κ2) is 10.8. The Hall–Kier alpha value is -3.22. The van der Waals surface area contributed by atoms with E-state index in [4.69, 9.17) is 9.47 Å². The number of benzene rings is 2. The van der Waals surface area contributed by atoms with Gasteiger partial charge in [-0.25, -0.2) is 17.8 Å². The van der Waals surface area contributed by atoms with E-state index in [1.165, 1.54) is 35.9 Å². The lowest BCUT2D eigenvalue weighted by Crippen LogP contribution is -2.43. The summed E-state index contributed by atoms with van der Waals surface area (Å²) in [6.45, 7) is 0.190. The van der Waals surface area contributed by atoms with Crippen molar-refractivity contribution >= 4 is 38.1 Å². The van der Waals surface area contributed by atoms with E-state index < -0.39 is 21.8 Å². The van der Waals surface area contributed by atoms with Crippen LogP contribution in [0.15, 0.2) is 46.7 Å². The van der Waals surface area contributed by atoms with Gasteiger partial charge in [-0.3, -0.25) is 4.79 Å². The lowest BCUT2D eigenvalue weighted by molar-refractivity contribution is -0.120. The molecule has 9 nitrogen and oxygen atoms in total.